The van der Waals surface area contributed by atoms with Crippen molar-refractivity contribution < 1.29 is 4.79 Å². The third-order valence-corrected chi connectivity index (χ3v) is 4.81. The lowest BCUT2D eigenvalue weighted by atomic mass is 10.0. The van der Waals surface area contributed by atoms with E-state index in [4.69, 9.17) is 0 Å². The van der Waals surface area contributed by atoms with Gasteiger partial charge < -0.3 is 4.90 Å². The van der Waals surface area contributed by atoms with Gasteiger partial charge in [0.1, 0.15) is 6.04 Å². The Bertz CT molecular complexity index is 909. The summed E-state index contributed by atoms with van der Waals surface area (Å²) >= 11 is 3.44. The molecule has 0 saturated carbocycles. The molecule has 0 aromatic carbocycles. The summed E-state index contributed by atoms with van der Waals surface area (Å²) in [5.41, 5.74) is 2.88. The van der Waals surface area contributed by atoms with Crippen LogP contribution in [0.5, 0.6) is 0 Å². The fraction of sp³-hybridized carbons (Fsp3) is 0.294. The standard InChI is InChI=1S/C17H16BrN5O/c1-11(23-5-2-4-20-23)17(24)22-6-3-15-13(10-22)7-12-8-14(18)9-19-16(12)21-15/h2,4-5,7-9,11H,3,6,10H2,1H3. The molecule has 4 rings (SSSR count). The number of aromatic nitrogens is 4. The van der Waals surface area contributed by atoms with Crippen molar-refractivity contribution in [3.8, 4) is 0 Å². The predicted molar refractivity (Wildman–Crippen MR) is 93.3 cm³/mol. The largest absolute Gasteiger partial charge is 0.336 e. The van der Waals surface area contributed by atoms with Crippen LogP contribution < -0.4 is 0 Å². The molecule has 1 aliphatic rings. The first-order chi connectivity index (χ1) is 11.6. The number of halogens is 1. The number of carbonyl (C=O) groups is 1. The first kappa shape index (κ1) is 15.3. The average Bonchev–Trinajstić information content (AvgIpc) is 3.12. The highest BCUT2D eigenvalue weighted by Crippen LogP contribution is 2.24. The number of amides is 1. The zero-order valence-electron chi connectivity index (χ0n) is 13.2. The zero-order chi connectivity index (χ0) is 16.7. The Hall–Kier alpha value is -2.28. The van der Waals surface area contributed by atoms with Crippen LogP contribution in [0.25, 0.3) is 11.0 Å². The summed E-state index contributed by atoms with van der Waals surface area (Å²) in [4.78, 5) is 23.6. The topological polar surface area (TPSA) is 63.9 Å². The molecule has 4 heterocycles. The highest BCUT2D eigenvalue weighted by atomic mass is 79.9. The maximum absolute atomic E-state index is 12.7. The van der Waals surface area contributed by atoms with Crippen molar-refractivity contribution in [3.63, 3.8) is 0 Å². The van der Waals surface area contributed by atoms with E-state index < -0.39 is 0 Å². The van der Waals surface area contributed by atoms with Gasteiger partial charge in [0.15, 0.2) is 5.65 Å². The monoisotopic (exact) mass is 385 g/mol. The SMILES string of the molecule is CC(C(=O)N1CCc2nc3ncc(Br)cc3cc2C1)n1cccn1. The first-order valence-electron chi connectivity index (χ1n) is 7.84. The van der Waals surface area contributed by atoms with Crippen molar-refractivity contribution in [1.29, 1.82) is 0 Å². The molecule has 1 aliphatic heterocycles. The van der Waals surface area contributed by atoms with Crippen LogP contribution in [0.15, 0.2) is 41.3 Å². The van der Waals surface area contributed by atoms with Crippen molar-refractivity contribution in [2.24, 2.45) is 0 Å². The Morgan fingerprint density at radius 2 is 2.25 bits per heavy atom. The van der Waals surface area contributed by atoms with E-state index in [0.29, 0.717) is 13.1 Å². The number of hydrogen-bond donors (Lipinski definition) is 0. The fourth-order valence-electron chi connectivity index (χ4n) is 3.07. The van der Waals surface area contributed by atoms with Gasteiger partial charge in [0.25, 0.3) is 0 Å². The number of carbonyl (C=O) groups excluding carboxylic acids is 1. The van der Waals surface area contributed by atoms with Crippen molar-refractivity contribution in [2.75, 3.05) is 6.54 Å². The molecular formula is C17H16BrN5O. The van der Waals surface area contributed by atoms with Gasteiger partial charge in [0.05, 0.1) is 0 Å². The van der Waals surface area contributed by atoms with E-state index in [9.17, 15) is 4.79 Å². The minimum Gasteiger partial charge on any atom is -0.336 e. The van der Waals surface area contributed by atoms with Crippen molar-refractivity contribution in [1.82, 2.24) is 24.6 Å². The Morgan fingerprint density at radius 3 is 3.04 bits per heavy atom. The van der Waals surface area contributed by atoms with Crippen LogP contribution in [-0.2, 0) is 17.8 Å². The number of nitrogens with zero attached hydrogens (tertiary/aromatic N) is 5. The van der Waals surface area contributed by atoms with Gasteiger partial charge in [-0.05, 0) is 46.6 Å². The highest BCUT2D eigenvalue weighted by Gasteiger charge is 2.26. The molecule has 122 valence electrons. The van der Waals surface area contributed by atoms with Crippen molar-refractivity contribution in [3.05, 3.63) is 52.5 Å². The van der Waals surface area contributed by atoms with Crippen molar-refractivity contribution in [2.45, 2.75) is 25.9 Å². The molecule has 0 fully saturated rings. The van der Waals surface area contributed by atoms with E-state index in [0.717, 1.165) is 33.2 Å². The van der Waals surface area contributed by atoms with Gasteiger partial charge in [-0.25, -0.2) is 9.97 Å². The molecule has 0 saturated heterocycles. The van der Waals surface area contributed by atoms with Gasteiger partial charge in [-0.3, -0.25) is 9.48 Å². The summed E-state index contributed by atoms with van der Waals surface area (Å²) in [7, 11) is 0. The van der Waals surface area contributed by atoms with Crippen LogP contribution in [0.3, 0.4) is 0 Å². The van der Waals surface area contributed by atoms with Crippen LogP contribution in [0, 0.1) is 0 Å². The van der Waals surface area contributed by atoms with Gasteiger partial charge in [0, 0.05) is 53.7 Å². The summed E-state index contributed by atoms with van der Waals surface area (Å²) in [5, 5.41) is 5.15. The van der Waals surface area contributed by atoms with Crippen LogP contribution in [0.2, 0.25) is 0 Å². The molecule has 0 bridgehead atoms. The van der Waals surface area contributed by atoms with E-state index in [1.165, 1.54) is 0 Å². The smallest absolute Gasteiger partial charge is 0.247 e. The summed E-state index contributed by atoms with van der Waals surface area (Å²) in [6.45, 7) is 3.13. The normalized spacial score (nSPS) is 15.3. The second-order valence-electron chi connectivity index (χ2n) is 5.97. The van der Waals surface area contributed by atoms with E-state index in [1.54, 1.807) is 17.1 Å². The molecule has 1 unspecified atom stereocenters. The van der Waals surface area contributed by atoms with Gasteiger partial charge in [0.2, 0.25) is 5.91 Å². The van der Waals surface area contributed by atoms with E-state index in [2.05, 4.69) is 37.1 Å². The van der Waals surface area contributed by atoms with E-state index in [-0.39, 0.29) is 11.9 Å². The van der Waals surface area contributed by atoms with Gasteiger partial charge >= 0.3 is 0 Å². The lowest BCUT2D eigenvalue weighted by Crippen LogP contribution is -2.40. The number of rotatable bonds is 2. The molecule has 3 aromatic heterocycles. The molecule has 24 heavy (non-hydrogen) atoms. The Balaban J connectivity index is 1.62. The average molecular weight is 386 g/mol. The van der Waals surface area contributed by atoms with Gasteiger partial charge in [-0.2, -0.15) is 5.10 Å². The second-order valence-corrected chi connectivity index (χ2v) is 6.88. The lowest BCUT2D eigenvalue weighted by Gasteiger charge is -2.30. The van der Waals surface area contributed by atoms with Crippen LogP contribution in [0.1, 0.15) is 24.2 Å². The summed E-state index contributed by atoms with van der Waals surface area (Å²) in [5.74, 6) is 0.0804. The number of hydrogen-bond acceptors (Lipinski definition) is 4. The van der Waals surface area contributed by atoms with Crippen LogP contribution in [0.4, 0.5) is 0 Å². The molecule has 1 amide bonds. The van der Waals surface area contributed by atoms with E-state index in [1.807, 2.05) is 30.2 Å². The highest BCUT2D eigenvalue weighted by molar-refractivity contribution is 9.10. The summed E-state index contributed by atoms with van der Waals surface area (Å²) < 4.78 is 2.62. The molecule has 7 heteroatoms. The molecule has 6 nitrogen and oxygen atoms in total. The number of pyridine rings is 2. The minimum atomic E-state index is -0.300. The summed E-state index contributed by atoms with van der Waals surface area (Å²) in [6, 6.07) is 5.62. The Labute approximate surface area is 147 Å². The molecule has 0 N–H and O–H groups in total. The van der Waals surface area contributed by atoms with E-state index >= 15 is 0 Å². The molecule has 0 radical (unpaired) electrons. The molecule has 0 spiro atoms. The van der Waals surface area contributed by atoms with Crippen LogP contribution in [-0.4, -0.2) is 37.1 Å². The Kier molecular flexibility index (Phi) is 3.80. The molecule has 1 atom stereocenters. The van der Waals surface area contributed by atoms with Crippen LogP contribution >= 0.6 is 15.9 Å². The first-order valence-corrected chi connectivity index (χ1v) is 8.63. The third-order valence-electron chi connectivity index (χ3n) is 4.37. The third kappa shape index (κ3) is 2.69. The fourth-order valence-corrected chi connectivity index (χ4v) is 3.42. The minimum absolute atomic E-state index is 0.0804. The number of fused-ring (bicyclic) bond motifs is 2. The zero-order valence-corrected chi connectivity index (χ0v) is 14.8. The lowest BCUT2D eigenvalue weighted by molar-refractivity contribution is -0.135. The quantitative estimate of drug-likeness (QED) is 0.680. The molecular weight excluding hydrogens is 370 g/mol. The van der Waals surface area contributed by atoms with Gasteiger partial charge in [-0.1, -0.05) is 0 Å². The molecule has 3 aromatic rings. The van der Waals surface area contributed by atoms with Gasteiger partial charge in [-0.15, -0.1) is 0 Å². The maximum atomic E-state index is 12.7. The second kappa shape index (κ2) is 5.98. The van der Waals surface area contributed by atoms with Crippen molar-refractivity contribution >= 4 is 32.9 Å². The predicted octanol–water partition coefficient (Wildman–Crippen LogP) is 2.73. The summed E-state index contributed by atoms with van der Waals surface area (Å²) in [6.07, 6.45) is 6.02. The Morgan fingerprint density at radius 1 is 1.38 bits per heavy atom. The molecule has 0 aliphatic carbocycles. The maximum Gasteiger partial charge on any atom is 0.247 e.